The van der Waals surface area contributed by atoms with Crippen molar-refractivity contribution in [2.45, 2.75) is 53.2 Å². The van der Waals surface area contributed by atoms with Crippen LogP contribution in [0, 0.1) is 13.8 Å². The highest BCUT2D eigenvalue weighted by molar-refractivity contribution is 5.94. The van der Waals surface area contributed by atoms with Gasteiger partial charge in [-0.1, -0.05) is 36.4 Å². The van der Waals surface area contributed by atoms with Crippen LogP contribution in [0.3, 0.4) is 0 Å². The van der Waals surface area contributed by atoms with Gasteiger partial charge >= 0.3 is 0 Å². The molecule has 3 aromatic carbocycles. The Balaban J connectivity index is 1.65. The van der Waals surface area contributed by atoms with Crippen LogP contribution in [0.2, 0.25) is 0 Å². The highest BCUT2D eigenvalue weighted by atomic mass is 16.5. The summed E-state index contributed by atoms with van der Waals surface area (Å²) in [5.74, 6) is 1.46. The minimum Gasteiger partial charge on any atom is -0.493 e. The van der Waals surface area contributed by atoms with E-state index in [1.807, 2.05) is 62.4 Å². The number of nitrogens with one attached hydrogen (secondary N) is 1. The summed E-state index contributed by atoms with van der Waals surface area (Å²) < 4.78 is 11.8. The molecule has 0 aliphatic rings. The van der Waals surface area contributed by atoms with E-state index in [9.17, 15) is 4.79 Å². The van der Waals surface area contributed by atoms with Gasteiger partial charge in [-0.05, 0) is 87.6 Å². The molecule has 0 aromatic heterocycles. The van der Waals surface area contributed by atoms with Gasteiger partial charge in [-0.15, -0.1) is 0 Å². The highest BCUT2D eigenvalue weighted by Crippen LogP contribution is 2.24. The van der Waals surface area contributed by atoms with Crippen LogP contribution in [0.15, 0.2) is 66.7 Å². The van der Waals surface area contributed by atoms with Crippen molar-refractivity contribution in [2.24, 2.45) is 0 Å². The van der Waals surface area contributed by atoms with Crippen molar-refractivity contribution < 1.29 is 14.3 Å². The van der Waals surface area contributed by atoms with Crippen molar-refractivity contribution >= 4 is 5.91 Å². The van der Waals surface area contributed by atoms with Crippen molar-refractivity contribution in [3.05, 3.63) is 94.5 Å². The SMILES string of the molecule is CCOc1ccc(C(=O)NC(C)CCc2ccccc2)cc1COc1ccc(C)c(C)c1. The molecule has 4 heteroatoms. The largest absolute Gasteiger partial charge is 0.493 e. The van der Waals surface area contributed by atoms with Gasteiger partial charge in [0, 0.05) is 17.2 Å². The molecule has 168 valence electrons. The second-order valence-corrected chi connectivity index (χ2v) is 8.19. The predicted octanol–water partition coefficient (Wildman–Crippen LogP) is 6.03. The number of carbonyl (C=O) groups excluding carboxylic acids is 1. The smallest absolute Gasteiger partial charge is 0.251 e. The van der Waals surface area contributed by atoms with E-state index in [1.54, 1.807) is 0 Å². The van der Waals surface area contributed by atoms with Crippen molar-refractivity contribution in [1.29, 1.82) is 0 Å². The number of ether oxygens (including phenoxy) is 2. The Bertz CT molecular complexity index is 1030. The van der Waals surface area contributed by atoms with Crippen LogP contribution in [0.1, 0.15) is 52.9 Å². The standard InChI is InChI=1S/C28H33NO3/c1-5-31-27-16-14-24(18-25(27)19-32-26-15-11-20(2)21(3)17-26)28(30)29-22(4)12-13-23-9-7-6-8-10-23/h6-11,14-18,22H,5,12-13,19H2,1-4H3,(H,29,30). The molecule has 0 aliphatic heterocycles. The topological polar surface area (TPSA) is 47.6 Å². The van der Waals surface area contributed by atoms with Crippen LogP contribution in [-0.2, 0) is 13.0 Å². The molecule has 0 aliphatic carbocycles. The number of benzene rings is 3. The second kappa shape index (κ2) is 11.4. The minimum absolute atomic E-state index is 0.0736. The molecule has 0 radical (unpaired) electrons. The number of aryl methyl sites for hydroxylation is 3. The summed E-state index contributed by atoms with van der Waals surface area (Å²) in [6.07, 6.45) is 1.82. The number of hydrogen-bond acceptors (Lipinski definition) is 3. The van der Waals surface area contributed by atoms with Gasteiger partial charge in [0.25, 0.3) is 5.91 Å². The predicted molar refractivity (Wildman–Crippen MR) is 130 cm³/mol. The monoisotopic (exact) mass is 431 g/mol. The van der Waals surface area contributed by atoms with Crippen LogP contribution in [0.5, 0.6) is 11.5 Å². The molecule has 0 saturated carbocycles. The van der Waals surface area contributed by atoms with E-state index in [-0.39, 0.29) is 11.9 Å². The number of amides is 1. The van der Waals surface area contributed by atoms with Gasteiger partial charge in [0.15, 0.2) is 0 Å². The molecule has 1 unspecified atom stereocenters. The van der Waals surface area contributed by atoms with E-state index in [4.69, 9.17) is 9.47 Å². The average molecular weight is 432 g/mol. The Morgan fingerprint density at radius 1 is 0.938 bits per heavy atom. The second-order valence-electron chi connectivity index (χ2n) is 8.19. The molecular weight excluding hydrogens is 398 g/mol. The Labute approximate surface area is 191 Å². The summed E-state index contributed by atoms with van der Waals surface area (Å²) in [7, 11) is 0. The summed E-state index contributed by atoms with van der Waals surface area (Å²) in [5.41, 5.74) is 5.16. The highest BCUT2D eigenvalue weighted by Gasteiger charge is 2.14. The first-order chi connectivity index (χ1) is 15.5. The Kier molecular flexibility index (Phi) is 8.32. The van der Waals surface area contributed by atoms with E-state index in [0.29, 0.717) is 18.8 Å². The molecule has 0 heterocycles. The summed E-state index contributed by atoms with van der Waals surface area (Å²) in [6, 6.07) is 22.0. The Hall–Kier alpha value is -3.27. The third kappa shape index (κ3) is 6.61. The fourth-order valence-corrected chi connectivity index (χ4v) is 3.50. The van der Waals surface area contributed by atoms with Crippen molar-refractivity contribution in [3.8, 4) is 11.5 Å². The molecule has 32 heavy (non-hydrogen) atoms. The zero-order chi connectivity index (χ0) is 22.9. The summed E-state index contributed by atoms with van der Waals surface area (Å²) in [6.45, 7) is 9.02. The molecule has 0 fully saturated rings. The molecule has 3 aromatic rings. The van der Waals surface area contributed by atoms with Crippen molar-refractivity contribution in [2.75, 3.05) is 6.61 Å². The van der Waals surface area contributed by atoms with Crippen LogP contribution in [-0.4, -0.2) is 18.6 Å². The molecule has 1 N–H and O–H groups in total. The Morgan fingerprint density at radius 3 is 2.44 bits per heavy atom. The van der Waals surface area contributed by atoms with Gasteiger partial charge in [0.05, 0.1) is 6.61 Å². The van der Waals surface area contributed by atoms with E-state index in [1.165, 1.54) is 16.7 Å². The lowest BCUT2D eigenvalue weighted by Crippen LogP contribution is -2.33. The van der Waals surface area contributed by atoms with E-state index in [0.717, 1.165) is 29.9 Å². The molecule has 0 bridgehead atoms. The molecule has 1 amide bonds. The lowest BCUT2D eigenvalue weighted by molar-refractivity contribution is 0.0938. The maximum absolute atomic E-state index is 12.9. The van der Waals surface area contributed by atoms with E-state index < -0.39 is 0 Å². The lowest BCUT2D eigenvalue weighted by atomic mass is 10.1. The zero-order valence-corrected chi connectivity index (χ0v) is 19.5. The molecular formula is C28H33NO3. The van der Waals surface area contributed by atoms with Crippen molar-refractivity contribution in [1.82, 2.24) is 5.32 Å². The average Bonchev–Trinajstić information content (AvgIpc) is 2.80. The fourth-order valence-electron chi connectivity index (χ4n) is 3.50. The number of rotatable bonds is 10. The summed E-state index contributed by atoms with van der Waals surface area (Å²) in [4.78, 5) is 12.9. The summed E-state index contributed by atoms with van der Waals surface area (Å²) in [5, 5.41) is 3.11. The van der Waals surface area contributed by atoms with Gasteiger partial charge in [0.1, 0.15) is 18.1 Å². The van der Waals surface area contributed by atoms with Crippen LogP contribution >= 0.6 is 0 Å². The first-order valence-corrected chi connectivity index (χ1v) is 11.3. The van der Waals surface area contributed by atoms with Gasteiger partial charge < -0.3 is 14.8 Å². The minimum atomic E-state index is -0.0824. The Morgan fingerprint density at radius 2 is 1.72 bits per heavy atom. The van der Waals surface area contributed by atoms with E-state index >= 15 is 0 Å². The molecule has 0 saturated heterocycles. The van der Waals surface area contributed by atoms with Crippen LogP contribution in [0.4, 0.5) is 0 Å². The summed E-state index contributed by atoms with van der Waals surface area (Å²) >= 11 is 0. The third-order valence-electron chi connectivity index (χ3n) is 5.58. The maximum atomic E-state index is 12.9. The van der Waals surface area contributed by atoms with Gasteiger partial charge in [-0.2, -0.15) is 0 Å². The normalized spacial score (nSPS) is 11.6. The van der Waals surface area contributed by atoms with E-state index in [2.05, 4.69) is 37.4 Å². The first-order valence-electron chi connectivity index (χ1n) is 11.3. The quantitative estimate of drug-likeness (QED) is 0.426. The van der Waals surface area contributed by atoms with Gasteiger partial charge in [-0.3, -0.25) is 4.79 Å². The van der Waals surface area contributed by atoms with Gasteiger partial charge in [0.2, 0.25) is 0 Å². The van der Waals surface area contributed by atoms with Crippen molar-refractivity contribution in [3.63, 3.8) is 0 Å². The van der Waals surface area contributed by atoms with Gasteiger partial charge in [-0.25, -0.2) is 0 Å². The molecule has 3 rings (SSSR count). The zero-order valence-electron chi connectivity index (χ0n) is 19.5. The number of hydrogen-bond donors (Lipinski definition) is 1. The first kappa shape index (κ1) is 23.4. The maximum Gasteiger partial charge on any atom is 0.251 e. The number of carbonyl (C=O) groups is 1. The molecule has 4 nitrogen and oxygen atoms in total. The third-order valence-corrected chi connectivity index (χ3v) is 5.58. The lowest BCUT2D eigenvalue weighted by Gasteiger charge is -2.16. The fraction of sp³-hybridized carbons (Fsp3) is 0.321. The molecule has 1 atom stereocenters. The van der Waals surface area contributed by atoms with Crippen LogP contribution < -0.4 is 14.8 Å². The van der Waals surface area contributed by atoms with Crippen LogP contribution in [0.25, 0.3) is 0 Å². The molecule has 0 spiro atoms.